The fraction of sp³-hybridized carbons (Fsp3) is 0.811. The zero-order chi connectivity index (χ0) is 43.1. The van der Waals surface area contributed by atoms with E-state index in [1.165, 1.54) is 152 Å². The molecule has 1 saturated heterocycles. The topological polar surface area (TPSA) is 0 Å². The number of aryl methyl sites for hydroxylation is 1. The van der Waals surface area contributed by atoms with Gasteiger partial charge in [-0.3, -0.25) is 0 Å². The van der Waals surface area contributed by atoms with Crippen LogP contribution in [-0.4, -0.2) is 34.0 Å². The first-order chi connectivity index (χ1) is 26.4. The molecule has 3 aliphatic carbocycles. The van der Waals surface area contributed by atoms with E-state index in [4.69, 9.17) is 0 Å². The normalized spacial score (nSPS) is 13.4. The Labute approximate surface area is 385 Å². The van der Waals surface area contributed by atoms with Gasteiger partial charge in [0.2, 0.25) is 0 Å². The van der Waals surface area contributed by atoms with E-state index >= 15 is 0 Å². The van der Waals surface area contributed by atoms with Crippen molar-refractivity contribution < 1.29 is 0 Å². The fourth-order valence-corrected chi connectivity index (χ4v) is 4.59. The number of unbranched alkanes of at least 4 members (excludes halogenated alkanes) is 2. The molecule has 0 nitrogen and oxygen atoms in total. The van der Waals surface area contributed by atoms with E-state index in [9.17, 15) is 0 Å². The van der Waals surface area contributed by atoms with Gasteiger partial charge in [0.25, 0.3) is 0 Å². The van der Waals surface area contributed by atoms with Gasteiger partial charge in [0.1, 0.15) is 0 Å². The van der Waals surface area contributed by atoms with E-state index in [1.54, 1.807) is 0 Å². The monoisotopic (exact) mass is 999 g/mol. The van der Waals surface area contributed by atoms with Gasteiger partial charge in [-0.2, -0.15) is 9.90 Å². The average molecular weight is 998 g/mol. The molecule has 4 aliphatic rings. The van der Waals surface area contributed by atoms with Crippen molar-refractivity contribution in [1.82, 2.24) is 0 Å². The molecule has 56 heavy (non-hydrogen) atoms. The van der Waals surface area contributed by atoms with Crippen molar-refractivity contribution >= 4 is 43.9 Å². The molecule has 1 aromatic rings. The van der Waals surface area contributed by atoms with Crippen LogP contribution >= 0.6 is 9.90 Å². The molecule has 3 heteroatoms. The van der Waals surface area contributed by atoms with Crippen molar-refractivity contribution in [3.05, 3.63) is 47.9 Å². The third-order valence-corrected chi connectivity index (χ3v) is 8.79. The number of benzene rings is 1. The van der Waals surface area contributed by atoms with Crippen LogP contribution in [0.5, 0.6) is 0 Å². The molecule has 1 unspecified atom stereocenters. The smallest absolute Gasteiger partial charge is 0.153 e. The summed E-state index contributed by atoms with van der Waals surface area (Å²) in [6, 6.07) is 10.7. The molecule has 0 N–H and O–H groups in total. The van der Waals surface area contributed by atoms with Crippen LogP contribution in [0.1, 0.15) is 259 Å². The van der Waals surface area contributed by atoms with Crippen molar-refractivity contribution in [1.29, 1.82) is 0 Å². The average Bonchev–Trinajstić information content (AvgIpc) is 3.14. The number of hydrogen-bond donors (Lipinski definition) is 0. The molecule has 1 heterocycles. The minimum Gasteiger partial charge on any atom is -0.153 e. The zero-order valence-corrected chi connectivity index (χ0v) is 48.1. The molecule has 0 spiro atoms. The Kier molecular flexibility index (Phi) is 108. The van der Waals surface area contributed by atoms with Crippen molar-refractivity contribution in [2.24, 2.45) is 11.8 Å². The van der Waals surface area contributed by atoms with Gasteiger partial charge < -0.3 is 0 Å². The van der Waals surface area contributed by atoms with Crippen LogP contribution in [0.3, 0.4) is 0 Å². The quantitative estimate of drug-likeness (QED) is 0.115. The predicted molar refractivity (Wildman–Crippen MR) is 281 cm³/mol. The maximum Gasteiger partial charge on any atom is 0.169 e. The first kappa shape index (κ1) is 76.6. The van der Waals surface area contributed by atoms with Crippen molar-refractivity contribution in [2.45, 2.75) is 272 Å². The molecular weight excluding hydrogens is 886 g/mol. The summed E-state index contributed by atoms with van der Waals surface area (Å²) in [5.74, 6) is 7.64. The minimum atomic E-state index is 0. The summed E-state index contributed by atoms with van der Waals surface area (Å²) in [4.78, 5) is 0. The third kappa shape index (κ3) is 74.9. The molecule has 0 aromatic heterocycles. The molecule has 4 radical (unpaired) electrons. The molecule has 4 fully saturated rings. The summed E-state index contributed by atoms with van der Waals surface area (Å²) in [7, 11) is 0. The Morgan fingerprint density at radius 3 is 1.21 bits per heavy atom. The third-order valence-electron chi connectivity index (χ3n) is 8.79. The van der Waals surface area contributed by atoms with Crippen LogP contribution in [0.15, 0.2) is 42.4 Å². The minimum absolute atomic E-state index is 0. The molecule has 336 valence electrons. The summed E-state index contributed by atoms with van der Waals surface area (Å²) in [5.41, 5.74) is 2.88. The molecule has 3 saturated carbocycles. The van der Waals surface area contributed by atoms with E-state index in [0.29, 0.717) is 0 Å². The second-order valence-corrected chi connectivity index (χ2v) is 13.7. The van der Waals surface area contributed by atoms with Crippen molar-refractivity contribution in [3.8, 4) is 11.8 Å². The number of rotatable bonds is 6. The maximum absolute atomic E-state index is 4.05. The van der Waals surface area contributed by atoms with Gasteiger partial charge in [-0.15, -0.1) is 23.9 Å². The van der Waals surface area contributed by atoms with Gasteiger partial charge in [-0.1, -0.05) is 276 Å². The Balaban J connectivity index is -0.0000000654. The number of allylic oxidation sites excluding steroid dienone is 1. The molecular formula is C53H112BPPb. The van der Waals surface area contributed by atoms with E-state index in [-0.39, 0.29) is 37.2 Å². The molecule has 1 aromatic carbocycles. The molecule has 0 bridgehead atoms. The Morgan fingerprint density at radius 2 is 0.982 bits per heavy atom. The van der Waals surface area contributed by atoms with Gasteiger partial charge in [-0.05, 0) is 37.2 Å². The van der Waals surface area contributed by atoms with Gasteiger partial charge in [0.05, 0.1) is 0 Å². The van der Waals surface area contributed by atoms with E-state index in [0.717, 1.165) is 25.0 Å². The fourth-order valence-electron chi connectivity index (χ4n) is 4.59. The maximum atomic E-state index is 4.05. The second-order valence-electron chi connectivity index (χ2n) is 13.7. The van der Waals surface area contributed by atoms with Crippen molar-refractivity contribution in [3.63, 3.8) is 0 Å². The molecule has 0 amide bonds. The second kappa shape index (κ2) is 79.1. The largest absolute Gasteiger partial charge is 0.169 e. The van der Waals surface area contributed by atoms with Crippen molar-refractivity contribution in [2.75, 3.05) is 0 Å². The zero-order valence-electron chi connectivity index (χ0n) is 42.8. The van der Waals surface area contributed by atoms with Gasteiger partial charge in [0, 0.05) is 33.7 Å². The van der Waals surface area contributed by atoms with E-state index < -0.39 is 0 Å². The van der Waals surface area contributed by atoms with E-state index in [2.05, 4.69) is 83.4 Å². The summed E-state index contributed by atoms with van der Waals surface area (Å²) in [6.07, 6.45) is 32.8. The van der Waals surface area contributed by atoms with Crippen LogP contribution in [0.2, 0.25) is 12.6 Å². The molecule has 5 rings (SSSR count). The summed E-state index contributed by atoms with van der Waals surface area (Å²) in [6.45, 7) is 41.9. The molecule has 1 aliphatic heterocycles. The van der Waals surface area contributed by atoms with Crippen LogP contribution in [-0.2, 0) is 6.42 Å². The Morgan fingerprint density at radius 1 is 0.643 bits per heavy atom. The van der Waals surface area contributed by atoms with Crippen LogP contribution in [0, 0.1) is 23.7 Å². The molecule has 1 atom stereocenters. The summed E-state index contributed by atoms with van der Waals surface area (Å²) in [5, 5.41) is 0. The van der Waals surface area contributed by atoms with E-state index in [1.807, 2.05) is 90.0 Å². The van der Waals surface area contributed by atoms with Gasteiger partial charge >= 0.3 is 0 Å². The summed E-state index contributed by atoms with van der Waals surface area (Å²) >= 11 is 0. The van der Waals surface area contributed by atoms with Gasteiger partial charge in [0.15, 0.2) is 6.71 Å². The van der Waals surface area contributed by atoms with Gasteiger partial charge in [-0.25, -0.2) is 0 Å². The first-order valence-corrected chi connectivity index (χ1v) is 24.5. The first-order valence-electron chi connectivity index (χ1n) is 24.5. The standard InChI is InChI=1S/C11H16.C10H19B.C7H12.C5H10.2C4H8.6C2H6.H3P.Pb/c1-2-3-5-8-11-9-6-4-7-10-11;1-10(2)11-8-6-4-3-5-7-9-11;1-4-5-6-7(2)3;1-5-3-2-4-5;2*1-2-4-3-1;6*1-2;;/h4,6-7,9-10H,2-3,5,8H2,1H3;1,3-9H2,2H3;7H,6H2,1-3H3;5H,2-4H2,1H3;2*1-4H2;6*1-2H3;1H3;. The Hall–Kier alpha value is -0.0630. The van der Waals surface area contributed by atoms with Crippen LogP contribution in [0.25, 0.3) is 0 Å². The van der Waals surface area contributed by atoms with Crippen LogP contribution < -0.4 is 0 Å². The summed E-state index contributed by atoms with van der Waals surface area (Å²) < 4.78 is 0. The van der Waals surface area contributed by atoms with Crippen LogP contribution in [0.4, 0.5) is 0 Å². The Bertz CT molecular complexity index is 731. The SMILES string of the molecule is C1CCC1.C1CCC1.C=C(C)B1CCCCCCC1.CC.CC.CC.CC.CC.CC.CC#CCC(C)C.CC1CCC1.CCCCCc1ccccc1.P.[Pb]. The predicted octanol–water partition coefficient (Wildman–Crippen LogP) is 19.8. The number of hydrogen-bond acceptors (Lipinski definition) is 0.